The van der Waals surface area contributed by atoms with Crippen LogP contribution in [0.25, 0.3) is 0 Å². The number of rotatable bonds is 6. The Hall–Kier alpha value is -4.39. The number of fused-ring (bicyclic) bond motifs is 2. The second-order valence-corrected chi connectivity index (χ2v) is 13.4. The minimum absolute atomic E-state index is 0.0785. The molecule has 0 aromatic heterocycles. The lowest BCUT2D eigenvalue weighted by Crippen LogP contribution is -2.33. The number of anilines is 2. The van der Waals surface area contributed by atoms with Crippen molar-refractivity contribution >= 4 is 56.9 Å². The summed E-state index contributed by atoms with van der Waals surface area (Å²) in [6.45, 7) is 0. The molecule has 4 fully saturated rings. The maximum Gasteiger partial charge on any atom is 0.317 e. The highest BCUT2D eigenvalue weighted by atomic mass is 32.2. The monoisotopic (exact) mass is 608 g/mol. The fourth-order valence-corrected chi connectivity index (χ4v) is 7.86. The molecule has 2 saturated carbocycles. The molecule has 6 rings (SSSR count). The highest BCUT2D eigenvalue weighted by molar-refractivity contribution is 7.91. The number of hydrogen-bond donors (Lipinski definition) is 2. The molecular weight excluding hydrogens is 580 g/mol. The van der Waals surface area contributed by atoms with Gasteiger partial charge in [-0.25, -0.2) is 8.42 Å². The zero-order valence-corrected chi connectivity index (χ0v) is 23.6. The maximum absolute atomic E-state index is 13.5. The first-order valence-corrected chi connectivity index (χ1v) is 15.6. The van der Waals surface area contributed by atoms with Gasteiger partial charge in [0.2, 0.25) is 21.7 Å². The van der Waals surface area contributed by atoms with Gasteiger partial charge in [-0.15, -0.1) is 0 Å². The molecule has 6 atom stereocenters. The summed E-state index contributed by atoms with van der Waals surface area (Å²) in [5, 5.41) is 5.45. The molecular formula is C30H28N2O10S. The van der Waals surface area contributed by atoms with Crippen LogP contribution in [0.15, 0.2) is 58.3 Å². The molecule has 43 heavy (non-hydrogen) atoms. The van der Waals surface area contributed by atoms with E-state index < -0.39 is 69.2 Å². The van der Waals surface area contributed by atoms with E-state index in [2.05, 4.69) is 10.6 Å². The molecule has 4 aliphatic rings. The van der Waals surface area contributed by atoms with Gasteiger partial charge in [-0.3, -0.25) is 28.8 Å². The normalized spacial score (nSPS) is 28.4. The molecule has 2 amide bonds. The number of cyclic esters (lactones) is 4. The van der Waals surface area contributed by atoms with Crippen LogP contribution in [0.3, 0.4) is 0 Å². The van der Waals surface area contributed by atoms with Crippen LogP contribution in [0.1, 0.15) is 38.5 Å². The average Bonchev–Trinajstić information content (AvgIpc) is 3.45. The first-order chi connectivity index (χ1) is 20.5. The number of esters is 4. The summed E-state index contributed by atoms with van der Waals surface area (Å²) >= 11 is 0. The Bertz CT molecular complexity index is 1550. The highest BCUT2D eigenvalue weighted by Crippen LogP contribution is 2.41. The molecule has 2 heterocycles. The number of hydrogen-bond acceptors (Lipinski definition) is 10. The van der Waals surface area contributed by atoms with Gasteiger partial charge in [0.15, 0.2) is 0 Å². The smallest absolute Gasteiger partial charge is 0.317 e. The largest absolute Gasteiger partial charge is 0.393 e. The summed E-state index contributed by atoms with van der Waals surface area (Å²) in [7, 11) is -4.06. The van der Waals surface area contributed by atoms with Crippen molar-refractivity contribution in [3.05, 3.63) is 48.5 Å². The Morgan fingerprint density at radius 2 is 1.00 bits per heavy atom. The second-order valence-electron chi connectivity index (χ2n) is 11.5. The molecule has 0 bridgehead atoms. The van der Waals surface area contributed by atoms with Gasteiger partial charge < -0.3 is 20.1 Å². The molecule has 2 saturated heterocycles. The summed E-state index contributed by atoms with van der Waals surface area (Å²) in [5.74, 6) is -6.46. The summed E-state index contributed by atoms with van der Waals surface area (Å²) in [6.07, 6.45) is 1.89. The van der Waals surface area contributed by atoms with Crippen LogP contribution in [-0.4, -0.2) is 44.1 Å². The Labute approximate surface area is 246 Å². The summed E-state index contributed by atoms with van der Waals surface area (Å²) in [5.41, 5.74) is 0.504. The van der Waals surface area contributed by atoms with Crippen molar-refractivity contribution in [2.24, 2.45) is 35.5 Å². The topological polar surface area (TPSA) is 179 Å². The van der Waals surface area contributed by atoms with E-state index in [4.69, 9.17) is 9.47 Å². The number of nitrogens with one attached hydrogen (secondary N) is 2. The van der Waals surface area contributed by atoms with Gasteiger partial charge in [0.05, 0.1) is 33.5 Å². The number of ether oxygens (including phenoxy) is 2. The fourth-order valence-electron chi connectivity index (χ4n) is 6.51. The van der Waals surface area contributed by atoms with Crippen LogP contribution in [0.4, 0.5) is 11.4 Å². The number of sulfone groups is 1. The van der Waals surface area contributed by atoms with Crippen LogP contribution in [-0.2, 0) is 48.1 Å². The van der Waals surface area contributed by atoms with Crippen LogP contribution in [0.5, 0.6) is 0 Å². The van der Waals surface area contributed by atoms with Gasteiger partial charge >= 0.3 is 23.9 Å². The number of carbonyl (C=O) groups is 6. The van der Waals surface area contributed by atoms with Gasteiger partial charge in [0.1, 0.15) is 0 Å². The van der Waals surface area contributed by atoms with Gasteiger partial charge in [-0.05, 0) is 74.9 Å². The standard InChI is InChI=1S/C30H28N2O10S/c33-25(15-7-9-21-23(11-15)29(37)41-27(21)35)31-17-3-1-5-19(13-17)43(39,40)20-6-2-4-18(14-20)32-26(34)16-8-10-22-24(12-16)30(38)42-28(22)36/h1-6,13-16,21-24H,7-12H2,(H,31,33)(H,32,34). The Morgan fingerprint density at radius 3 is 1.42 bits per heavy atom. The first-order valence-electron chi connectivity index (χ1n) is 14.1. The molecule has 224 valence electrons. The van der Waals surface area contributed by atoms with E-state index in [-0.39, 0.29) is 45.8 Å². The Balaban J connectivity index is 1.12. The third kappa shape index (κ3) is 5.44. The minimum atomic E-state index is -4.06. The van der Waals surface area contributed by atoms with Crippen molar-refractivity contribution < 1.29 is 46.7 Å². The van der Waals surface area contributed by atoms with Gasteiger partial charge in [0, 0.05) is 23.2 Å². The maximum atomic E-state index is 13.5. The quantitative estimate of drug-likeness (QED) is 0.366. The first kappa shape index (κ1) is 28.7. The Kier molecular flexibility index (Phi) is 7.36. The summed E-state index contributed by atoms with van der Waals surface area (Å²) in [6, 6.07) is 11.5. The zero-order valence-electron chi connectivity index (χ0n) is 22.8. The molecule has 0 radical (unpaired) electrons. The van der Waals surface area contributed by atoms with Gasteiger partial charge in [0.25, 0.3) is 0 Å². The van der Waals surface area contributed by atoms with Crippen molar-refractivity contribution in [1.82, 2.24) is 0 Å². The van der Waals surface area contributed by atoms with Crippen LogP contribution < -0.4 is 10.6 Å². The lowest BCUT2D eigenvalue weighted by Gasteiger charge is -2.26. The van der Waals surface area contributed by atoms with Crippen LogP contribution >= 0.6 is 0 Å². The molecule has 2 N–H and O–H groups in total. The lowest BCUT2D eigenvalue weighted by molar-refractivity contribution is -0.155. The number of carbonyl (C=O) groups excluding carboxylic acids is 6. The third-order valence-electron chi connectivity index (χ3n) is 8.88. The average molecular weight is 609 g/mol. The predicted molar refractivity (Wildman–Crippen MR) is 146 cm³/mol. The molecule has 6 unspecified atom stereocenters. The van der Waals surface area contributed by atoms with Crippen LogP contribution in [0.2, 0.25) is 0 Å². The van der Waals surface area contributed by atoms with Gasteiger partial charge in [-0.1, -0.05) is 12.1 Å². The zero-order chi connectivity index (χ0) is 30.5. The lowest BCUT2D eigenvalue weighted by atomic mass is 9.75. The summed E-state index contributed by atoms with van der Waals surface area (Å²) in [4.78, 5) is 73.3. The van der Waals surface area contributed by atoms with Crippen molar-refractivity contribution in [2.45, 2.75) is 48.3 Å². The van der Waals surface area contributed by atoms with Gasteiger partial charge in [-0.2, -0.15) is 0 Å². The van der Waals surface area contributed by atoms with E-state index >= 15 is 0 Å². The van der Waals surface area contributed by atoms with E-state index in [9.17, 15) is 37.2 Å². The molecule has 2 aliphatic carbocycles. The van der Waals surface area contributed by atoms with Crippen molar-refractivity contribution in [3.8, 4) is 0 Å². The van der Waals surface area contributed by atoms with E-state index in [0.29, 0.717) is 25.7 Å². The van der Waals surface area contributed by atoms with Crippen LogP contribution in [0, 0.1) is 35.5 Å². The van der Waals surface area contributed by atoms with Crippen molar-refractivity contribution in [1.29, 1.82) is 0 Å². The van der Waals surface area contributed by atoms with E-state index in [0.717, 1.165) is 0 Å². The second kappa shape index (κ2) is 11.0. The Morgan fingerprint density at radius 1 is 0.605 bits per heavy atom. The van der Waals surface area contributed by atoms with Crippen molar-refractivity contribution in [2.75, 3.05) is 10.6 Å². The number of amides is 2. The SMILES string of the molecule is O=C(Nc1cccc(S(=O)(=O)c2cccc(NC(=O)C3CCC4C(=O)OC(=O)C4C3)c2)c1)C1CCC2C(=O)OC(=O)C2C1. The van der Waals surface area contributed by atoms with E-state index in [1.165, 1.54) is 36.4 Å². The van der Waals surface area contributed by atoms with Crippen molar-refractivity contribution in [3.63, 3.8) is 0 Å². The minimum Gasteiger partial charge on any atom is -0.393 e. The molecule has 2 aromatic rings. The van der Waals surface area contributed by atoms with E-state index in [1.807, 2.05) is 0 Å². The summed E-state index contributed by atoms with van der Waals surface area (Å²) < 4.78 is 36.4. The van der Waals surface area contributed by atoms with E-state index in [1.54, 1.807) is 12.1 Å². The third-order valence-corrected chi connectivity index (χ3v) is 10.6. The number of benzene rings is 2. The predicted octanol–water partition coefficient (Wildman–Crippen LogP) is 2.63. The molecule has 2 aliphatic heterocycles. The molecule has 0 spiro atoms. The highest BCUT2D eigenvalue weighted by Gasteiger charge is 2.50. The molecule has 13 heteroatoms. The molecule has 12 nitrogen and oxygen atoms in total. The fraction of sp³-hybridized carbons (Fsp3) is 0.400. The molecule has 2 aromatic carbocycles.